The van der Waals surface area contributed by atoms with Crippen molar-refractivity contribution in [3.8, 4) is 5.75 Å². The molecule has 1 aromatic heterocycles. The molecule has 0 aliphatic carbocycles. The molecule has 0 saturated carbocycles. The Labute approximate surface area is 162 Å². The summed E-state index contributed by atoms with van der Waals surface area (Å²) in [5.74, 6) is 1.01. The lowest BCUT2D eigenvalue weighted by Gasteiger charge is -2.15. The van der Waals surface area contributed by atoms with E-state index in [0.29, 0.717) is 19.6 Å². The van der Waals surface area contributed by atoms with Crippen LogP contribution in [0, 0.1) is 13.8 Å². The standard InChI is InChI=1S/C22H31N3O2/c1-5-18(4)25-21(26)9-11-23-14-19-12-16(2)22(17(3)13-19)27-15-20-8-6-7-10-24-20/h6-8,10,12-13,18,23H,5,9,11,14-15H2,1-4H3,(H,25,26). The molecule has 0 radical (unpaired) electrons. The molecular formula is C22H31N3O2. The van der Waals surface area contributed by atoms with Gasteiger partial charge in [-0.2, -0.15) is 0 Å². The summed E-state index contributed by atoms with van der Waals surface area (Å²) in [5, 5.41) is 6.32. The molecule has 0 fully saturated rings. The molecule has 1 amide bonds. The van der Waals surface area contributed by atoms with Crippen LogP contribution in [-0.2, 0) is 17.9 Å². The van der Waals surface area contributed by atoms with Gasteiger partial charge in [-0.05, 0) is 56.0 Å². The first-order valence-corrected chi connectivity index (χ1v) is 9.62. The summed E-state index contributed by atoms with van der Waals surface area (Å²) in [6.07, 6.45) is 3.22. The lowest BCUT2D eigenvalue weighted by atomic mass is 10.1. The van der Waals surface area contributed by atoms with Crippen LogP contribution in [0.15, 0.2) is 36.5 Å². The number of aryl methyl sites for hydroxylation is 2. The van der Waals surface area contributed by atoms with E-state index in [4.69, 9.17) is 4.74 Å². The molecule has 27 heavy (non-hydrogen) atoms. The Morgan fingerprint density at radius 1 is 1.22 bits per heavy atom. The molecule has 2 aromatic rings. The van der Waals surface area contributed by atoms with E-state index in [0.717, 1.165) is 35.5 Å². The average molecular weight is 370 g/mol. The number of carbonyl (C=O) groups is 1. The van der Waals surface area contributed by atoms with Crippen molar-refractivity contribution in [1.82, 2.24) is 15.6 Å². The SMILES string of the molecule is CCC(C)NC(=O)CCNCc1cc(C)c(OCc2ccccn2)c(C)c1. The second kappa shape index (κ2) is 10.7. The van der Waals surface area contributed by atoms with Gasteiger partial charge in [0.1, 0.15) is 12.4 Å². The van der Waals surface area contributed by atoms with Crippen LogP contribution in [-0.4, -0.2) is 23.5 Å². The fourth-order valence-electron chi connectivity index (χ4n) is 2.88. The molecule has 0 spiro atoms. The van der Waals surface area contributed by atoms with E-state index in [1.807, 2.05) is 25.1 Å². The first kappa shape index (κ1) is 20.9. The number of benzene rings is 1. The van der Waals surface area contributed by atoms with E-state index in [-0.39, 0.29) is 11.9 Å². The number of pyridine rings is 1. The highest BCUT2D eigenvalue weighted by molar-refractivity contribution is 5.76. The Bertz CT molecular complexity index is 709. The Morgan fingerprint density at radius 3 is 2.59 bits per heavy atom. The first-order chi connectivity index (χ1) is 13.0. The minimum absolute atomic E-state index is 0.0995. The number of nitrogens with one attached hydrogen (secondary N) is 2. The number of rotatable bonds is 10. The highest BCUT2D eigenvalue weighted by Gasteiger charge is 2.08. The van der Waals surface area contributed by atoms with E-state index in [9.17, 15) is 4.79 Å². The van der Waals surface area contributed by atoms with Gasteiger partial charge in [0.2, 0.25) is 5.91 Å². The molecule has 1 atom stereocenters. The molecular weight excluding hydrogens is 338 g/mol. The maximum Gasteiger partial charge on any atom is 0.221 e. The van der Waals surface area contributed by atoms with Gasteiger partial charge < -0.3 is 15.4 Å². The summed E-state index contributed by atoms with van der Waals surface area (Å²) >= 11 is 0. The Hall–Kier alpha value is -2.40. The first-order valence-electron chi connectivity index (χ1n) is 9.62. The number of hydrogen-bond acceptors (Lipinski definition) is 4. The molecule has 5 heteroatoms. The normalized spacial score (nSPS) is 11.9. The molecule has 0 aliphatic heterocycles. The summed E-state index contributed by atoms with van der Waals surface area (Å²) in [4.78, 5) is 16.1. The monoisotopic (exact) mass is 369 g/mol. The fraction of sp³-hybridized carbons (Fsp3) is 0.455. The van der Waals surface area contributed by atoms with Crippen LogP contribution in [0.3, 0.4) is 0 Å². The van der Waals surface area contributed by atoms with Crippen molar-refractivity contribution in [2.24, 2.45) is 0 Å². The van der Waals surface area contributed by atoms with Gasteiger partial charge in [-0.3, -0.25) is 9.78 Å². The minimum atomic E-state index is 0.0995. The van der Waals surface area contributed by atoms with E-state index >= 15 is 0 Å². The van der Waals surface area contributed by atoms with Crippen molar-refractivity contribution in [2.45, 2.75) is 59.7 Å². The minimum Gasteiger partial charge on any atom is -0.487 e. The van der Waals surface area contributed by atoms with E-state index in [2.05, 4.69) is 48.5 Å². The van der Waals surface area contributed by atoms with Gasteiger partial charge in [0.15, 0.2) is 0 Å². The Balaban J connectivity index is 1.82. The van der Waals surface area contributed by atoms with Crippen LogP contribution in [0.1, 0.15) is 49.1 Å². The third-order valence-electron chi connectivity index (χ3n) is 4.49. The predicted molar refractivity (Wildman–Crippen MR) is 109 cm³/mol. The smallest absolute Gasteiger partial charge is 0.221 e. The number of hydrogen-bond donors (Lipinski definition) is 2. The van der Waals surface area contributed by atoms with Crippen LogP contribution in [0.25, 0.3) is 0 Å². The van der Waals surface area contributed by atoms with Crippen molar-refractivity contribution in [2.75, 3.05) is 6.54 Å². The quantitative estimate of drug-likeness (QED) is 0.627. The zero-order valence-corrected chi connectivity index (χ0v) is 16.8. The highest BCUT2D eigenvalue weighted by Crippen LogP contribution is 2.25. The van der Waals surface area contributed by atoms with Gasteiger partial charge in [0.05, 0.1) is 5.69 Å². The molecule has 146 valence electrons. The van der Waals surface area contributed by atoms with Crippen molar-refractivity contribution >= 4 is 5.91 Å². The molecule has 5 nitrogen and oxygen atoms in total. The second-order valence-corrected chi connectivity index (χ2v) is 6.97. The van der Waals surface area contributed by atoms with Crippen LogP contribution >= 0.6 is 0 Å². The molecule has 1 heterocycles. The van der Waals surface area contributed by atoms with Crippen LogP contribution in [0.2, 0.25) is 0 Å². The fourth-order valence-corrected chi connectivity index (χ4v) is 2.88. The van der Waals surface area contributed by atoms with E-state index in [1.165, 1.54) is 5.56 Å². The average Bonchev–Trinajstić information content (AvgIpc) is 2.65. The van der Waals surface area contributed by atoms with Gasteiger partial charge in [-0.15, -0.1) is 0 Å². The molecule has 0 aliphatic rings. The molecule has 1 unspecified atom stereocenters. The van der Waals surface area contributed by atoms with Crippen molar-refractivity contribution in [3.05, 3.63) is 58.9 Å². The van der Waals surface area contributed by atoms with E-state index in [1.54, 1.807) is 6.20 Å². The lowest BCUT2D eigenvalue weighted by molar-refractivity contribution is -0.121. The van der Waals surface area contributed by atoms with Crippen molar-refractivity contribution in [3.63, 3.8) is 0 Å². The zero-order chi connectivity index (χ0) is 19.6. The maximum absolute atomic E-state index is 11.8. The molecule has 0 bridgehead atoms. The summed E-state index contributed by atoms with van der Waals surface area (Å²) < 4.78 is 5.98. The van der Waals surface area contributed by atoms with Gasteiger partial charge in [0, 0.05) is 31.7 Å². The third-order valence-corrected chi connectivity index (χ3v) is 4.49. The maximum atomic E-state index is 11.8. The topological polar surface area (TPSA) is 63.2 Å². The van der Waals surface area contributed by atoms with Crippen molar-refractivity contribution in [1.29, 1.82) is 0 Å². The number of carbonyl (C=O) groups excluding carboxylic acids is 1. The number of ether oxygens (including phenoxy) is 1. The second-order valence-electron chi connectivity index (χ2n) is 6.97. The molecule has 0 saturated heterocycles. The predicted octanol–water partition coefficient (Wildman–Crippen LogP) is 3.67. The summed E-state index contributed by atoms with van der Waals surface area (Å²) in [7, 11) is 0. The third kappa shape index (κ3) is 7.02. The number of nitrogens with zero attached hydrogens (tertiary/aromatic N) is 1. The molecule has 1 aromatic carbocycles. The summed E-state index contributed by atoms with van der Waals surface area (Å²) in [5.41, 5.74) is 4.32. The van der Waals surface area contributed by atoms with Gasteiger partial charge in [0.25, 0.3) is 0 Å². The number of aromatic nitrogens is 1. The zero-order valence-electron chi connectivity index (χ0n) is 16.8. The summed E-state index contributed by atoms with van der Waals surface area (Å²) in [6, 6.07) is 10.3. The number of amides is 1. The molecule has 2 N–H and O–H groups in total. The van der Waals surface area contributed by atoms with Gasteiger partial charge in [-0.1, -0.05) is 25.1 Å². The highest BCUT2D eigenvalue weighted by atomic mass is 16.5. The van der Waals surface area contributed by atoms with Crippen LogP contribution in [0.5, 0.6) is 5.75 Å². The summed E-state index contributed by atoms with van der Waals surface area (Å²) in [6.45, 7) is 10.1. The Morgan fingerprint density at radius 2 is 1.96 bits per heavy atom. The lowest BCUT2D eigenvalue weighted by Crippen LogP contribution is -2.33. The van der Waals surface area contributed by atoms with Crippen molar-refractivity contribution < 1.29 is 9.53 Å². The van der Waals surface area contributed by atoms with Gasteiger partial charge >= 0.3 is 0 Å². The Kier molecular flexibility index (Phi) is 8.27. The molecule has 2 rings (SSSR count). The van der Waals surface area contributed by atoms with E-state index < -0.39 is 0 Å². The van der Waals surface area contributed by atoms with Crippen LogP contribution < -0.4 is 15.4 Å². The van der Waals surface area contributed by atoms with Crippen LogP contribution in [0.4, 0.5) is 0 Å². The van der Waals surface area contributed by atoms with Gasteiger partial charge in [-0.25, -0.2) is 0 Å². The largest absolute Gasteiger partial charge is 0.487 e.